The van der Waals surface area contributed by atoms with Gasteiger partial charge in [0.05, 0.1) is 18.1 Å². The Morgan fingerprint density at radius 2 is 2.22 bits per heavy atom. The number of nitrogens with zero attached hydrogens (tertiary/aromatic N) is 1. The first-order chi connectivity index (χ1) is 11.1. The minimum absolute atomic E-state index is 0.0522. The zero-order valence-corrected chi connectivity index (χ0v) is 13.2. The second-order valence-electron chi connectivity index (χ2n) is 5.51. The number of esters is 1. The lowest BCUT2D eigenvalue weighted by Crippen LogP contribution is -2.46. The van der Waals surface area contributed by atoms with Gasteiger partial charge in [0.1, 0.15) is 6.04 Å². The second kappa shape index (κ2) is 8.59. The molecule has 1 fully saturated rings. The van der Waals surface area contributed by atoms with Gasteiger partial charge in [0.25, 0.3) is 5.69 Å². The highest BCUT2D eigenvalue weighted by molar-refractivity contribution is 5.76. The van der Waals surface area contributed by atoms with E-state index in [0.717, 1.165) is 25.0 Å². The average molecular weight is 322 g/mol. The van der Waals surface area contributed by atoms with Gasteiger partial charge < -0.3 is 9.47 Å². The first-order valence-corrected chi connectivity index (χ1v) is 7.83. The van der Waals surface area contributed by atoms with Gasteiger partial charge in [-0.25, -0.2) is 0 Å². The van der Waals surface area contributed by atoms with E-state index in [1.807, 2.05) is 0 Å². The highest BCUT2D eigenvalue weighted by atomic mass is 16.6. The van der Waals surface area contributed by atoms with E-state index in [2.05, 4.69) is 5.32 Å². The molecule has 7 heteroatoms. The zero-order chi connectivity index (χ0) is 16.7. The van der Waals surface area contributed by atoms with Crippen LogP contribution in [-0.2, 0) is 20.8 Å². The minimum atomic E-state index is -0.433. The van der Waals surface area contributed by atoms with Crippen LogP contribution in [0.25, 0.3) is 0 Å². The summed E-state index contributed by atoms with van der Waals surface area (Å²) in [6.45, 7) is 3.83. The monoisotopic (exact) mass is 322 g/mol. The maximum atomic E-state index is 12.2. The van der Waals surface area contributed by atoms with Crippen LogP contribution in [0.3, 0.4) is 0 Å². The molecule has 0 aromatic heterocycles. The summed E-state index contributed by atoms with van der Waals surface area (Å²) in [5.74, 6) is -0.189. The molecule has 0 amide bonds. The SMILES string of the molecule is CCOC(=O)[C@H](NCc1ccc([N+](=O)[O-])cc1)[C@H]1CCCOC1. The van der Waals surface area contributed by atoms with E-state index >= 15 is 0 Å². The van der Waals surface area contributed by atoms with Crippen molar-refractivity contribution in [1.29, 1.82) is 0 Å². The number of hydrogen-bond acceptors (Lipinski definition) is 6. The molecule has 0 bridgehead atoms. The number of carbonyl (C=O) groups excluding carboxylic acids is 1. The molecular weight excluding hydrogens is 300 g/mol. The van der Waals surface area contributed by atoms with Crippen molar-refractivity contribution in [3.8, 4) is 0 Å². The molecule has 0 radical (unpaired) electrons. The fraction of sp³-hybridized carbons (Fsp3) is 0.562. The molecule has 0 saturated carbocycles. The molecule has 23 heavy (non-hydrogen) atoms. The summed E-state index contributed by atoms with van der Waals surface area (Å²) in [6, 6.07) is 5.86. The number of hydrogen-bond donors (Lipinski definition) is 1. The van der Waals surface area contributed by atoms with Gasteiger partial charge in [-0.15, -0.1) is 0 Å². The van der Waals surface area contributed by atoms with Crippen molar-refractivity contribution >= 4 is 11.7 Å². The van der Waals surface area contributed by atoms with E-state index in [0.29, 0.717) is 19.8 Å². The Hall–Kier alpha value is -1.99. The molecule has 7 nitrogen and oxygen atoms in total. The highest BCUT2D eigenvalue weighted by Crippen LogP contribution is 2.19. The van der Waals surface area contributed by atoms with Crippen LogP contribution in [0.15, 0.2) is 24.3 Å². The van der Waals surface area contributed by atoms with Gasteiger partial charge in [0.15, 0.2) is 0 Å². The summed E-state index contributed by atoms with van der Waals surface area (Å²) in [6.07, 6.45) is 1.84. The van der Waals surface area contributed by atoms with Crippen LogP contribution in [0.4, 0.5) is 5.69 Å². The van der Waals surface area contributed by atoms with E-state index in [-0.39, 0.29) is 17.6 Å². The lowest BCUT2D eigenvalue weighted by Gasteiger charge is -2.29. The molecule has 1 aromatic rings. The Labute approximate surface area is 135 Å². The summed E-state index contributed by atoms with van der Waals surface area (Å²) >= 11 is 0. The molecule has 1 aromatic carbocycles. The van der Waals surface area contributed by atoms with Crippen LogP contribution in [0.1, 0.15) is 25.3 Å². The number of rotatable bonds is 7. The Morgan fingerprint density at radius 1 is 1.48 bits per heavy atom. The maximum Gasteiger partial charge on any atom is 0.323 e. The molecule has 126 valence electrons. The maximum absolute atomic E-state index is 12.2. The number of benzene rings is 1. The van der Waals surface area contributed by atoms with Crippen molar-refractivity contribution in [2.45, 2.75) is 32.4 Å². The van der Waals surface area contributed by atoms with Gasteiger partial charge >= 0.3 is 5.97 Å². The lowest BCUT2D eigenvalue weighted by molar-refractivity contribution is -0.384. The van der Waals surface area contributed by atoms with E-state index < -0.39 is 11.0 Å². The highest BCUT2D eigenvalue weighted by Gasteiger charge is 2.30. The molecule has 1 N–H and O–H groups in total. The van der Waals surface area contributed by atoms with Crippen LogP contribution in [0, 0.1) is 16.0 Å². The summed E-state index contributed by atoms with van der Waals surface area (Å²) in [5, 5.41) is 13.9. The molecule has 1 heterocycles. The normalized spacial score (nSPS) is 19.1. The van der Waals surface area contributed by atoms with Crippen LogP contribution < -0.4 is 5.32 Å². The third-order valence-corrected chi connectivity index (χ3v) is 3.88. The largest absolute Gasteiger partial charge is 0.465 e. The third kappa shape index (κ3) is 5.01. The fourth-order valence-electron chi connectivity index (χ4n) is 2.67. The molecule has 0 spiro atoms. The van der Waals surface area contributed by atoms with E-state index in [1.165, 1.54) is 12.1 Å². The molecule has 1 aliphatic rings. The quantitative estimate of drug-likeness (QED) is 0.469. The van der Waals surface area contributed by atoms with Gasteiger partial charge in [0.2, 0.25) is 0 Å². The van der Waals surface area contributed by atoms with Crippen molar-refractivity contribution in [3.05, 3.63) is 39.9 Å². The van der Waals surface area contributed by atoms with Crippen LogP contribution in [0.5, 0.6) is 0 Å². The molecular formula is C16H22N2O5. The van der Waals surface area contributed by atoms with Gasteiger partial charge in [-0.3, -0.25) is 20.2 Å². The van der Waals surface area contributed by atoms with Crippen molar-refractivity contribution in [2.24, 2.45) is 5.92 Å². The number of ether oxygens (including phenoxy) is 2. The average Bonchev–Trinajstić information content (AvgIpc) is 2.57. The second-order valence-corrected chi connectivity index (χ2v) is 5.51. The molecule has 1 saturated heterocycles. The van der Waals surface area contributed by atoms with Crippen molar-refractivity contribution in [2.75, 3.05) is 19.8 Å². The van der Waals surface area contributed by atoms with E-state index in [1.54, 1.807) is 19.1 Å². The minimum Gasteiger partial charge on any atom is -0.465 e. The number of nitrogens with one attached hydrogen (secondary N) is 1. The fourth-order valence-corrected chi connectivity index (χ4v) is 2.67. The number of non-ortho nitro benzene ring substituents is 1. The Balaban J connectivity index is 1.98. The van der Waals surface area contributed by atoms with Gasteiger partial charge in [-0.2, -0.15) is 0 Å². The summed E-state index contributed by atoms with van der Waals surface area (Å²) < 4.78 is 10.6. The molecule has 2 atom stereocenters. The van der Waals surface area contributed by atoms with Crippen LogP contribution in [0.2, 0.25) is 0 Å². The number of nitro groups is 1. The third-order valence-electron chi connectivity index (χ3n) is 3.88. The molecule has 0 unspecified atom stereocenters. The van der Waals surface area contributed by atoms with E-state index in [9.17, 15) is 14.9 Å². The molecule has 2 rings (SSSR count). The van der Waals surface area contributed by atoms with Crippen molar-refractivity contribution in [3.63, 3.8) is 0 Å². The number of carbonyl (C=O) groups is 1. The van der Waals surface area contributed by atoms with Crippen LogP contribution >= 0.6 is 0 Å². The molecule has 0 aliphatic carbocycles. The molecule has 1 aliphatic heterocycles. The summed E-state index contributed by atoms with van der Waals surface area (Å²) in [7, 11) is 0. The van der Waals surface area contributed by atoms with Crippen molar-refractivity contribution in [1.82, 2.24) is 5.32 Å². The van der Waals surface area contributed by atoms with Gasteiger partial charge in [0, 0.05) is 31.2 Å². The standard InChI is InChI=1S/C16H22N2O5/c1-2-23-16(19)15(13-4-3-9-22-11-13)17-10-12-5-7-14(8-6-12)18(20)21/h5-8,13,15,17H,2-4,9-11H2,1H3/t13-,15+/m0/s1. The number of nitro benzene ring substituents is 1. The van der Waals surface area contributed by atoms with Gasteiger partial charge in [-0.05, 0) is 25.3 Å². The smallest absolute Gasteiger partial charge is 0.323 e. The topological polar surface area (TPSA) is 90.7 Å². The lowest BCUT2D eigenvalue weighted by atomic mass is 9.93. The summed E-state index contributed by atoms with van der Waals surface area (Å²) in [5.41, 5.74) is 0.929. The first-order valence-electron chi connectivity index (χ1n) is 7.83. The first kappa shape index (κ1) is 17.4. The van der Waals surface area contributed by atoms with Crippen molar-refractivity contribution < 1.29 is 19.2 Å². The Morgan fingerprint density at radius 3 is 2.78 bits per heavy atom. The predicted molar refractivity (Wildman–Crippen MR) is 83.9 cm³/mol. The van der Waals surface area contributed by atoms with Crippen LogP contribution in [-0.4, -0.2) is 36.8 Å². The Kier molecular flexibility index (Phi) is 6.49. The summed E-state index contributed by atoms with van der Waals surface area (Å²) in [4.78, 5) is 22.4. The predicted octanol–water partition coefficient (Wildman–Crippen LogP) is 2.04. The Bertz CT molecular complexity index is 526. The van der Waals surface area contributed by atoms with E-state index in [4.69, 9.17) is 9.47 Å². The zero-order valence-electron chi connectivity index (χ0n) is 13.2. The van der Waals surface area contributed by atoms with Gasteiger partial charge in [-0.1, -0.05) is 12.1 Å².